The van der Waals surface area contributed by atoms with Crippen LogP contribution in [0.2, 0.25) is 0 Å². The number of carbonyl (C=O) groups excluding carboxylic acids is 2. The molecule has 0 spiro atoms. The van der Waals surface area contributed by atoms with E-state index < -0.39 is 17.0 Å². The predicted molar refractivity (Wildman–Crippen MR) is 88.9 cm³/mol. The van der Waals surface area contributed by atoms with Crippen LogP contribution in [0.15, 0.2) is 29.4 Å². The lowest BCUT2D eigenvalue weighted by atomic mass is 10.3. The monoisotopic (exact) mass is 351 g/mol. The number of aryl methyl sites for hydroxylation is 1. The van der Waals surface area contributed by atoms with Crippen molar-refractivity contribution in [1.82, 2.24) is 14.8 Å². The van der Waals surface area contributed by atoms with E-state index in [1.54, 1.807) is 30.7 Å². The largest absolute Gasteiger partial charge is 0.370 e. The first-order chi connectivity index (χ1) is 11.4. The summed E-state index contributed by atoms with van der Waals surface area (Å²) in [6, 6.07) is 5.97. The predicted octanol–water partition coefficient (Wildman–Crippen LogP) is 1.49. The van der Waals surface area contributed by atoms with Crippen molar-refractivity contribution in [2.45, 2.75) is 30.2 Å². The van der Waals surface area contributed by atoms with Crippen LogP contribution >= 0.6 is 11.8 Å². The molecule has 0 aliphatic heterocycles. The lowest BCUT2D eigenvalue weighted by Gasteiger charge is -2.12. The summed E-state index contributed by atoms with van der Waals surface area (Å²) in [6.07, 6.45) is 0.565. The number of benzene rings is 1. The molecule has 24 heavy (non-hydrogen) atoms. The van der Waals surface area contributed by atoms with E-state index in [0.29, 0.717) is 17.4 Å². The number of thioether (sulfide) groups is 1. The summed E-state index contributed by atoms with van der Waals surface area (Å²) in [5.74, 6) is -0.634. The second kappa shape index (κ2) is 7.91. The van der Waals surface area contributed by atoms with E-state index in [1.807, 2.05) is 0 Å². The fraction of sp³-hybridized carbons (Fsp3) is 0.333. The molecule has 1 heterocycles. The molecule has 0 radical (unpaired) electrons. The Morgan fingerprint density at radius 3 is 2.75 bits per heavy atom. The molecule has 0 fully saturated rings. The maximum absolute atomic E-state index is 13.6. The molecule has 0 saturated carbocycles. The minimum Gasteiger partial charge on any atom is -0.370 e. The zero-order valence-electron chi connectivity index (χ0n) is 13.3. The molecule has 1 aromatic carbocycles. The number of halogens is 1. The summed E-state index contributed by atoms with van der Waals surface area (Å²) in [5.41, 5.74) is 5.25. The van der Waals surface area contributed by atoms with E-state index in [1.165, 1.54) is 23.9 Å². The molecule has 1 aromatic heterocycles. The molecule has 9 heteroatoms. The molecule has 2 amide bonds. The van der Waals surface area contributed by atoms with Crippen LogP contribution in [0.5, 0.6) is 0 Å². The molecule has 7 nitrogen and oxygen atoms in total. The fourth-order valence-corrected chi connectivity index (χ4v) is 2.74. The Morgan fingerprint density at radius 2 is 2.08 bits per heavy atom. The first-order valence-corrected chi connectivity index (χ1v) is 8.15. The maximum atomic E-state index is 13.6. The SMILES string of the molecule is C[C@@H](Sc1nnc(CCC(N)=O)n1C)C(=O)Nc1ccccc1F. The van der Waals surface area contributed by atoms with E-state index in [2.05, 4.69) is 15.5 Å². The first-order valence-electron chi connectivity index (χ1n) is 7.27. The minimum absolute atomic E-state index is 0.134. The molecule has 1 atom stereocenters. The summed E-state index contributed by atoms with van der Waals surface area (Å²) < 4.78 is 15.3. The summed E-state index contributed by atoms with van der Waals surface area (Å²) in [5, 5.41) is 10.6. The first kappa shape index (κ1) is 17.9. The highest BCUT2D eigenvalue weighted by atomic mass is 32.2. The lowest BCUT2D eigenvalue weighted by Crippen LogP contribution is -2.23. The number of amides is 2. The van der Waals surface area contributed by atoms with Gasteiger partial charge in [0.05, 0.1) is 10.9 Å². The van der Waals surface area contributed by atoms with Gasteiger partial charge < -0.3 is 15.6 Å². The third-order valence-electron chi connectivity index (χ3n) is 3.30. The Labute approximate surface area is 142 Å². The van der Waals surface area contributed by atoms with Crippen molar-refractivity contribution < 1.29 is 14.0 Å². The normalized spacial score (nSPS) is 12.0. The van der Waals surface area contributed by atoms with Crippen LogP contribution in [-0.2, 0) is 23.1 Å². The number of para-hydroxylation sites is 1. The van der Waals surface area contributed by atoms with Gasteiger partial charge in [0.1, 0.15) is 11.6 Å². The molecule has 0 bridgehead atoms. The number of primary amides is 1. The zero-order valence-corrected chi connectivity index (χ0v) is 14.1. The summed E-state index contributed by atoms with van der Waals surface area (Å²) in [7, 11) is 1.75. The number of anilines is 1. The molecule has 0 aliphatic carbocycles. The minimum atomic E-state index is -0.503. The quantitative estimate of drug-likeness (QED) is 0.736. The second-order valence-corrected chi connectivity index (χ2v) is 6.46. The van der Waals surface area contributed by atoms with E-state index in [0.717, 1.165) is 0 Å². The number of nitrogens with two attached hydrogens (primary N) is 1. The highest BCUT2D eigenvalue weighted by Crippen LogP contribution is 2.23. The van der Waals surface area contributed by atoms with Crippen molar-refractivity contribution in [3.8, 4) is 0 Å². The van der Waals surface area contributed by atoms with Gasteiger partial charge in [-0.25, -0.2) is 4.39 Å². The van der Waals surface area contributed by atoms with Gasteiger partial charge in [0, 0.05) is 19.9 Å². The number of nitrogens with one attached hydrogen (secondary N) is 1. The summed E-state index contributed by atoms with van der Waals surface area (Å²) >= 11 is 1.20. The maximum Gasteiger partial charge on any atom is 0.237 e. The molecule has 0 unspecified atom stereocenters. The summed E-state index contributed by atoms with van der Waals surface area (Å²) in [4.78, 5) is 23.0. The van der Waals surface area contributed by atoms with Gasteiger partial charge in [0.15, 0.2) is 5.16 Å². The Bertz CT molecular complexity index is 749. The third kappa shape index (κ3) is 4.54. The van der Waals surface area contributed by atoms with Gasteiger partial charge in [-0.05, 0) is 19.1 Å². The van der Waals surface area contributed by atoms with Crippen molar-refractivity contribution in [2.75, 3.05) is 5.32 Å². The van der Waals surface area contributed by atoms with Crippen molar-refractivity contribution >= 4 is 29.3 Å². The highest BCUT2D eigenvalue weighted by molar-refractivity contribution is 8.00. The van der Waals surface area contributed by atoms with Gasteiger partial charge >= 0.3 is 0 Å². The Balaban J connectivity index is 1.99. The molecular formula is C15H18FN5O2S. The van der Waals surface area contributed by atoms with Gasteiger partial charge in [0.2, 0.25) is 11.8 Å². The van der Waals surface area contributed by atoms with E-state index in [-0.39, 0.29) is 18.0 Å². The lowest BCUT2D eigenvalue weighted by molar-refractivity contribution is -0.118. The van der Waals surface area contributed by atoms with E-state index in [9.17, 15) is 14.0 Å². The number of carbonyl (C=O) groups is 2. The fourth-order valence-electron chi connectivity index (χ4n) is 1.91. The van der Waals surface area contributed by atoms with Crippen LogP contribution in [0.3, 0.4) is 0 Å². The van der Waals surface area contributed by atoms with Crippen LogP contribution in [-0.4, -0.2) is 31.8 Å². The van der Waals surface area contributed by atoms with Gasteiger partial charge in [-0.3, -0.25) is 9.59 Å². The van der Waals surface area contributed by atoms with Crippen LogP contribution in [0.1, 0.15) is 19.2 Å². The average molecular weight is 351 g/mol. The highest BCUT2D eigenvalue weighted by Gasteiger charge is 2.19. The number of aromatic nitrogens is 3. The van der Waals surface area contributed by atoms with Gasteiger partial charge in [0.25, 0.3) is 0 Å². The molecule has 0 saturated heterocycles. The van der Waals surface area contributed by atoms with Crippen molar-refractivity contribution in [3.05, 3.63) is 35.9 Å². The van der Waals surface area contributed by atoms with E-state index >= 15 is 0 Å². The topological polar surface area (TPSA) is 103 Å². The van der Waals surface area contributed by atoms with Gasteiger partial charge in [-0.1, -0.05) is 23.9 Å². The van der Waals surface area contributed by atoms with Gasteiger partial charge in [-0.2, -0.15) is 0 Å². The number of rotatable bonds is 7. The van der Waals surface area contributed by atoms with Crippen molar-refractivity contribution in [3.63, 3.8) is 0 Å². The molecular weight excluding hydrogens is 333 g/mol. The Morgan fingerprint density at radius 1 is 1.38 bits per heavy atom. The second-order valence-electron chi connectivity index (χ2n) is 5.15. The molecule has 2 rings (SSSR count). The van der Waals surface area contributed by atoms with Crippen molar-refractivity contribution in [2.24, 2.45) is 12.8 Å². The van der Waals surface area contributed by atoms with Gasteiger partial charge in [-0.15, -0.1) is 10.2 Å². The molecule has 128 valence electrons. The van der Waals surface area contributed by atoms with Crippen LogP contribution in [0.4, 0.5) is 10.1 Å². The Kier molecular flexibility index (Phi) is 5.91. The number of hydrogen-bond acceptors (Lipinski definition) is 5. The molecule has 3 N–H and O–H groups in total. The summed E-state index contributed by atoms with van der Waals surface area (Å²) in [6.45, 7) is 1.69. The van der Waals surface area contributed by atoms with Crippen LogP contribution < -0.4 is 11.1 Å². The third-order valence-corrected chi connectivity index (χ3v) is 4.44. The zero-order chi connectivity index (χ0) is 17.7. The number of hydrogen-bond donors (Lipinski definition) is 2. The smallest absolute Gasteiger partial charge is 0.237 e. The standard InChI is InChI=1S/C15H18FN5O2S/c1-9(14(23)18-11-6-4-3-5-10(11)16)24-15-20-19-13(21(15)2)8-7-12(17)22/h3-6,9H,7-8H2,1-2H3,(H2,17,22)(H,18,23)/t9-/m1/s1. The average Bonchev–Trinajstić information content (AvgIpc) is 2.88. The molecule has 0 aliphatic rings. The Hall–Kier alpha value is -2.42. The number of nitrogens with zero attached hydrogens (tertiary/aromatic N) is 3. The van der Waals surface area contributed by atoms with Crippen LogP contribution in [0.25, 0.3) is 0 Å². The van der Waals surface area contributed by atoms with Crippen molar-refractivity contribution in [1.29, 1.82) is 0 Å². The van der Waals surface area contributed by atoms with E-state index in [4.69, 9.17) is 5.73 Å². The molecule has 2 aromatic rings. The van der Waals surface area contributed by atoms with Crippen LogP contribution in [0, 0.1) is 5.82 Å².